The fourth-order valence-electron chi connectivity index (χ4n) is 0.587. The van der Waals surface area contributed by atoms with Gasteiger partial charge < -0.3 is 0 Å². The summed E-state index contributed by atoms with van der Waals surface area (Å²) in [5, 5.41) is 0. The van der Waals surface area contributed by atoms with E-state index in [2.05, 4.69) is 39.1 Å². The van der Waals surface area contributed by atoms with Crippen molar-refractivity contribution in [1.29, 1.82) is 0 Å². The fourth-order valence-corrected chi connectivity index (χ4v) is 24.9. The summed E-state index contributed by atoms with van der Waals surface area (Å²) in [6, 6.07) is 0. The Hall–Kier alpha value is 1.46. The first-order valence-electron chi connectivity index (χ1n) is 1.61. The van der Waals surface area contributed by atoms with Gasteiger partial charge in [0.05, 0.1) is 0 Å². The fraction of sp³-hybridized carbons (Fsp3) is 1.00. The molecule has 3 rings (SSSR count). The summed E-state index contributed by atoms with van der Waals surface area (Å²) in [5.41, 5.74) is -0.788. The Morgan fingerprint density at radius 2 is 1.50 bits per heavy atom. The number of hydrogen-bond acceptors (Lipinski definition) is 3. The molecule has 3 fully saturated rings. The number of hydrogen-bond donors (Lipinski definition) is 0. The molecule has 0 saturated carbocycles. The van der Waals surface area contributed by atoms with Crippen LogP contribution in [0.25, 0.3) is 0 Å². The van der Waals surface area contributed by atoms with Crippen LogP contribution in [0.3, 0.4) is 0 Å². The SMILES string of the molecule is B=S123SC1(S2)S3. The van der Waals surface area contributed by atoms with Crippen molar-refractivity contribution in [1.82, 2.24) is 0 Å². The molecule has 32 valence electrons. The minimum absolute atomic E-state index is 0.747. The zero-order chi connectivity index (χ0) is 4.07. The Bertz CT molecular complexity index is 186. The Labute approximate surface area is 47.5 Å². The molecular weight excluding hydrogens is 151 g/mol. The standard InChI is InChI=1S/CHBS4/c2-6-1(3-6,4-6)5-6/h2H. The summed E-state index contributed by atoms with van der Waals surface area (Å²) in [6.45, 7) is 4.15. The molecule has 0 N–H and O–H groups in total. The van der Waals surface area contributed by atoms with E-state index in [1.807, 2.05) is 0 Å². The van der Waals surface area contributed by atoms with Crippen molar-refractivity contribution in [3.8, 4) is 0 Å². The topological polar surface area (TPSA) is 0 Å². The molecule has 3 aliphatic rings. The zero-order valence-corrected chi connectivity index (χ0v) is 6.11. The molecule has 3 aliphatic heterocycles. The molecule has 0 unspecified atom stereocenters. The van der Waals surface area contributed by atoms with E-state index in [0.717, 1.165) is 2.74 Å². The Kier molecular flexibility index (Phi) is 0.268. The predicted octanol–water partition coefficient (Wildman–Crippen LogP) is 1.74. The molecule has 0 amide bonds. The summed E-state index contributed by atoms with van der Waals surface area (Å²) < 4.78 is 0.747. The van der Waals surface area contributed by atoms with Crippen molar-refractivity contribution in [3.63, 3.8) is 0 Å². The molecule has 3 saturated heterocycles. The van der Waals surface area contributed by atoms with Crippen LogP contribution in [-0.4, -0.2) is 9.46 Å². The van der Waals surface area contributed by atoms with Crippen LogP contribution in [0.2, 0.25) is 0 Å². The van der Waals surface area contributed by atoms with Gasteiger partial charge in [0, 0.05) is 0 Å². The first-order valence-corrected chi connectivity index (χ1v) is 7.82. The van der Waals surface area contributed by atoms with Gasteiger partial charge in [0.15, 0.2) is 0 Å². The first-order chi connectivity index (χ1) is 2.68. The minimum atomic E-state index is -0.788. The van der Waals surface area contributed by atoms with Crippen molar-refractivity contribution >= 4 is 44.8 Å². The summed E-state index contributed by atoms with van der Waals surface area (Å²) in [5.74, 6) is 0. The van der Waals surface area contributed by atoms with Gasteiger partial charge >= 0.3 is 47.5 Å². The second-order valence-corrected chi connectivity index (χ2v) is 18.1. The molecule has 0 aromatic heterocycles. The molecule has 0 radical (unpaired) electrons. The van der Waals surface area contributed by atoms with Gasteiger partial charge in [-0.05, 0) is 0 Å². The van der Waals surface area contributed by atoms with Crippen LogP contribution in [-0.2, 0) is 0 Å². The molecule has 0 aromatic rings. The van der Waals surface area contributed by atoms with E-state index in [0.29, 0.717) is 0 Å². The van der Waals surface area contributed by atoms with Gasteiger partial charge in [-0.25, -0.2) is 0 Å². The molecule has 6 heavy (non-hydrogen) atoms. The van der Waals surface area contributed by atoms with E-state index in [1.165, 1.54) is 0 Å². The maximum atomic E-state index is 4.15. The normalized spacial score (nSPS) is 77.5. The van der Waals surface area contributed by atoms with E-state index in [4.69, 9.17) is 0 Å². The predicted molar refractivity (Wildman–Crippen MR) is 40.2 cm³/mol. The third kappa shape index (κ3) is 0.134. The Balaban J connectivity index is 2.74. The average Bonchev–Trinajstić information content (AvgIpc) is 1.71. The summed E-state index contributed by atoms with van der Waals surface area (Å²) in [6.07, 6.45) is 0. The van der Waals surface area contributed by atoms with Gasteiger partial charge in [0.25, 0.3) is 0 Å². The molecule has 0 atom stereocenters. The van der Waals surface area contributed by atoms with Gasteiger partial charge in [-0.2, -0.15) is 0 Å². The second-order valence-electron chi connectivity index (χ2n) is 1.70. The molecule has 0 bridgehead atoms. The van der Waals surface area contributed by atoms with E-state index in [9.17, 15) is 0 Å². The second kappa shape index (κ2) is 0.461. The molecular formula is CHBS4. The van der Waals surface area contributed by atoms with E-state index in [-0.39, 0.29) is 0 Å². The van der Waals surface area contributed by atoms with Gasteiger partial charge in [0.1, 0.15) is 0 Å². The quantitative estimate of drug-likeness (QED) is 0.295. The van der Waals surface area contributed by atoms with Crippen LogP contribution in [0.1, 0.15) is 0 Å². The third-order valence-corrected chi connectivity index (χ3v) is 22.0. The van der Waals surface area contributed by atoms with Crippen molar-refractivity contribution in [2.24, 2.45) is 0 Å². The molecule has 0 aliphatic carbocycles. The van der Waals surface area contributed by atoms with Crippen LogP contribution in [0, 0.1) is 0 Å². The molecule has 0 spiro atoms. The zero-order valence-electron chi connectivity index (χ0n) is 2.84. The van der Waals surface area contributed by atoms with Crippen molar-refractivity contribution in [2.45, 2.75) is 2.74 Å². The van der Waals surface area contributed by atoms with E-state index in [1.54, 1.807) is 0 Å². The number of rotatable bonds is 0. The van der Waals surface area contributed by atoms with Crippen LogP contribution < -0.4 is 0 Å². The van der Waals surface area contributed by atoms with Gasteiger partial charge in [0.2, 0.25) is 0 Å². The van der Waals surface area contributed by atoms with Crippen molar-refractivity contribution in [2.75, 3.05) is 0 Å². The van der Waals surface area contributed by atoms with Gasteiger partial charge in [-0.15, -0.1) is 0 Å². The van der Waals surface area contributed by atoms with Crippen LogP contribution in [0.4, 0.5) is 0 Å². The van der Waals surface area contributed by atoms with Crippen LogP contribution >= 0.6 is 38.1 Å². The summed E-state index contributed by atoms with van der Waals surface area (Å²) >= 11 is 0. The van der Waals surface area contributed by atoms with Crippen molar-refractivity contribution < 1.29 is 0 Å². The van der Waals surface area contributed by atoms with E-state index < -0.39 is 5.68 Å². The molecule has 0 aromatic carbocycles. The average molecular weight is 152 g/mol. The van der Waals surface area contributed by atoms with Crippen LogP contribution in [0.15, 0.2) is 0 Å². The third-order valence-electron chi connectivity index (χ3n) is 1.22. The van der Waals surface area contributed by atoms with Crippen LogP contribution in [0.5, 0.6) is 0 Å². The molecule has 0 nitrogen and oxygen atoms in total. The summed E-state index contributed by atoms with van der Waals surface area (Å²) in [4.78, 5) is 0. The maximum absolute atomic E-state index is 4.15. The molecule has 5 heteroatoms. The first kappa shape index (κ1) is 3.48. The van der Waals surface area contributed by atoms with E-state index >= 15 is 0 Å². The monoisotopic (exact) mass is 152 g/mol. The molecule has 3 heterocycles. The van der Waals surface area contributed by atoms with Gasteiger partial charge in [-0.1, -0.05) is 0 Å². The van der Waals surface area contributed by atoms with Gasteiger partial charge in [-0.3, -0.25) is 0 Å². The Morgan fingerprint density at radius 1 is 1.33 bits per heavy atom. The Morgan fingerprint density at radius 3 is 1.50 bits per heavy atom. The van der Waals surface area contributed by atoms with Crippen molar-refractivity contribution in [3.05, 3.63) is 0 Å². The summed E-state index contributed by atoms with van der Waals surface area (Å²) in [7, 11) is 6.37.